The molecule has 0 spiro atoms. The van der Waals surface area contributed by atoms with Crippen LogP contribution in [0.1, 0.15) is 16.1 Å². The van der Waals surface area contributed by atoms with E-state index in [1.165, 1.54) is 20.3 Å². The van der Waals surface area contributed by atoms with Crippen LogP contribution in [0.15, 0.2) is 21.1 Å². The lowest BCUT2D eigenvalue weighted by atomic mass is 10.0. The highest BCUT2D eigenvalue weighted by atomic mass is 79.9. The fourth-order valence-corrected chi connectivity index (χ4v) is 2.26. The van der Waals surface area contributed by atoms with Crippen molar-refractivity contribution in [2.24, 2.45) is 0 Å². The largest absolute Gasteiger partial charge is 0.493 e. The number of halogens is 1. The first-order chi connectivity index (χ1) is 9.49. The Balaban J connectivity index is 2.70. The summed E-state index contributed by atoms with van der Waals surface area (Å²) in [4.78, 5) is 10.9. The average Bonchev–Trinajstić information content (AvgIpc) is 2.90. The second-order valence-electron chi connectivity index (χ2n) is 3.98. The zero-order chi connectivity index (χ0) is 14.9. The number of methoxy groups -OCH3 is 2. The van der Waals surface area contributed by atoms with Crippen molar-refractivity contribution in [3.63, 3.8) is 0 Å². The molecule has 0 unspecified atom stereocenters. The monoisotopic (exact) mass is 341 g/mol. The quantitative estimate of drug-likeness (QED) is 0.919. The molecule has 1 aromatic heterocycles. The van der Waals surface area contributed by atoms with E-state index in [9.17, 15) is 4.79 Å². The van der Waals surface area contributed by atoms with Crippen molar-refractivity contribution in [1.82, 2.24) is 5.16 Å². The molecule has 1 aromatic carbocycles. The van der Waals surface area contributed by atoms with E-state index in [4.69, 9.17) is 19.1 Å². The number of carbonyl (C=O) groups is 1. The van der Waals surface area contributed by atoms with E-state index in [0.717, 1.165) is 10.0 Å². The number of rotatable bonds is 4. The lowest BCUT2D eigenvalue weighted by Gasteiger charge is -2.15. The third kappa shape index (κ3) is 2.36. The van der Waals surface area contributed by atoms with Gasteiger partial charge in [0.2, 0.25) is 5.76 Å². The lowest BCUT2D eigenvalue weighted by Crippen LogP contribution is -1.97. The van der Waals surface area contributed by atoms with Gasteiger partial charge in [0, 0.05) is 10.5 Å². The minimum absolute atomic E-state index is 0.236. The molecule has 7 heteroatoms. The highest BCUT2D eigenvalue weighted by Gasteiger charge is 2.22. The van der Waals surface area contributed by atoms with Gasteiger partial charge in [0.1, 0.15) is 5.69 Å². The summed E-state index contributed by atoms with van der Waals surface area (Å²) in [7, 11) is 3.03. The van der Waals surface area contributed by atoms with Gasteiger partial charge in [0.15, 0.2) is 11.5 Å². The standard InChI is InChI=1S/C13H12BrNO5/c1-6-7(14)4-9(18-2)12(19-3)11(6)8-5-10(13(16)17)20-15-8/h4-5H,1-3H3,(H,16,17). The van der Waals surface area contributed by atoms with Gasteiger partial charge in [-0.15, -0.1) is 0 Å². The number of nitrogens with zero attached hydrogens (tertiary/aromatic N) is 1. The van der Waals surface area contributed by atoms with E-state index in [2.05, 4.69) is 21.1 Å². The van der Waals surface area contributed by atoms with Crippen LogP contribution < -0.4 is 9.47 Å². The summed E-state index contributed by atoms with van der Waals surface area (Å²) < 4.78 is 16.2. The maximum absolute atomic E-state index is 10.9. The smallest absolute Gasteiger partial charge is 0.374 e. The van der Waals surface area contributed by atoms with Crippen molar-refractivity contribution in [3.05, 3.63) is 27.9 Å². The first kappa shape index (κ1) is 14.4. The van der Waals surface area contributed by atoms with E-state index in [1.54, 1.807) is 6.07 Å². The van der Waals surface area contributed by atoms with Gasteiger partial charge in [0.25, 0.3) is 0 Å². The molecule has 0 amide bonds. The number of aromatic nitrogens is 1. The van der Waals surface area contributed by atoms with E-state index < -0.39 is 5.97 Å². The van der Waals surface area contributed by atoms with Crippen LogP contribution in [-0.2, 0) is 0 Å². The predicted molar refractivity (Wildman–Crippen MR) is 74.4 cm³/mol. The van der Waals surface area contributed by atoms with Crippen molar-refractivity contribution >= 4 is 21.9 Å². The van der Waals surface area contributed by atoms with E-state index in [1.807, 2.05) is 6.92 Å². The molecule has 0 bridgehead atoms. The molecule has 1 N–H and O–H groups in total. The molecule has 2 rings (SSSR count). The Bertz CT molecular complexity index is 665. The Hall–Kier alpha value is -2.02. The van der Waals surface area contributed by atoms with Gasteiger partial charge < -0.3 is 19.1 Å². The first-order valence-electron chi connectivity index (χ1n) is 5.61. The van der Waals surface area contributed by atoms with Crippen molar-refractivity contribution in [2.75, 3.05) is 14.2 Å². The zero-order valence-corrected chi connectivity index (χ0v) is 12.6. The number of hydrogen-bond acceptors (Lipinski definition) is 5. The maximum Gasteiger partial charge on any atom is 0.374 e. The van der Waals surface area contributed by atoms with Crippen molar-refractivity contribution in [1.29, 1.82) is 0 Å². The minimum atomic E-state index is -1.18. The molecule has 0 saturated carbocycles. The molecule has 0 fully saturated rings. The van der Waals surface area contributed by atoms with Crippen LogP contribution in [0, 0.1) is 6.92 Å². The van der Waals surface area contributed by atoms with E-state index in [-0.39, 0.29) is 5.76 Å². The molecule has 2 aromatic rings. The molecular weight excluding hydrogens is 330 g/mol. The summed E-state index contributed by atoms with van der Waals surface area (Å²) >= 11 is 3.42. The highest BCUT2D eigenvalue weighted by Crippen LogP contribution is 2.43. The number of carboxylic acid groups (broad SMARTS) is 1. The SMILES string of the molecule is COc1cc(Br)c(C)c(-c2cc(C(=O)O)on2)c1OC. The summed E-state index contributed by atoms with van der Waals surface area (Å²) in [6.45, 7) is 1.86. The van der Waals surface area contributed by atoms with Crippen LogP contribution in [0.4, 0.5) is 0 Å². The number of benzene rings is 1. The molecule has 0 aliphatic rings. The van der Waals surface area contributed by atoms with Crippen LogP contribution in [0.25, 0.3) is 11.3 Å². The van der Waals surface area contributed by atoms with Gasteiger partial charge >= 0.3 is 5.97 Å². The summed E-state index contributed by atoms with van der Waals surface area (Å²) in [6, 6.07) is 3.12. The predicted octanol–water partition coefficient (Wildman–Crippen LogP) is 3.13. The normalized spacial score (nSPS) is 10.4. The van der Waals surface area contributed by atoms with Crippen LogP contribution >= 0.6 is 15.9 Å². The van der Waals surface area contributed by atoms with E-state index >= 15 is 0 Å². The van der Waals surface area contributed by atoms with Crippen molar-refractivity contribution in [2.45, 2.75) is 6.92 Å². The Morgan fingerprint density at radius 1 is 1.35 bits per heavy atom. The molecular formula is C13H12BrNO5. The molecule has 0 radical (unpaired) electrons. The fraction of sp³-hybridized carbons (Fsp3) is 0.231. The first-order valence-corrected chi connectivity index (χ1v) is 6.40. The third-order valence-electron chi connectivity index (χ3n) is 2.84. The highest BCUT2D eigenvalue weighted by molar-refractivity contribution is 9.10. The third-order valence-corrected chi connectivity index (χ3v) is 3.67. The lowest BCUT2D eigenvalue weighted by molar-refractivity contribution is 0.0652. The van der Waals surface area contributed by atoms with E-state index in [0.29, 0.717) is 22.8 Å². The van der Waals surface area contributed by atoms with Crippen LogP contribution in [0.5, 0.6) is 11.5 Å². The van der Waals surface area contributed by atoms with Gasteiger partial charge in [-0.2, -0.15) is 0 Å². The van der Waals surface area contributed by atoms with Crippen molar-refractivity contribution < 1.29 is 23.9 Å². The summed E-state index contributed by atoms with van der Waals surface area (Å²) in [5.41, 5.74) is 1.83. The molecule has 0 aliphatic carbocycles. The molecule has 0 atom stereocenters. The molecule has 106 valence electrons. The Labute approximate surface area is 123 Å². The van der Waals surface area contributed by atoms with Gasteiger partial charge in [0.05, 0.1) is 19.8 Å². The average molecular weight is 342 g/mol. The van der Waals surface area contributed by atoms with Crippen LogP contribution in [-0.4, -0.2) is 30.5 Å². The summed E-state index contributed by atoms with van der Waals surface area (Å²) in [5, 5.41) is 12.7. The Kier molecular flexibility index (Phi) is 3.99. The fourth-order valence-electron chi connectivity index (χ4n) is 1.86. The van der Waals surface area contributed by atoms with Gasteiger partial charge in [-0.05, 0) is 18.6 Å². The Morgan fingerprint density at radius 2 is 2.05 bits per heavy atom. The molecule has 6 nitrogen and oxygen atoms in total. The molecule has 1 heterocycles. The van der Waals surface area contributed by atoms with Gasteiger partial charge in [-0.3, -0.25) is 0 Å². The van der Waals surface area contributed by atoms with Crippen LogP contribution in [0.2, 0.25) is 0 Å². The number of carboxylic acids is 1. The molecule has 0 saturated heterocycles. The summed E-state index contributed by atoms with van der Waals surface area (Å²) in [5.74, 6) is -0.430. The maximum atomic E-state index is 10.9. The summed E-state index contributed by atoms with van der Waals surface area (Å²) in [6.07, 6.45) is 0. The number of hydrogen-bond donors (Lipinski definition) is 1. The van der Waals surface area contributed by atoms with Gasteiger partial charge in [-0.25, -0.2) is 4.79 Å². The second-order valence-corrected chi connectivity index (χ2v) is 4.83. The Morgan fingerprint density at radius 3 is 2.55 bits per heavy atom. The van der Waals surface area contributed by atoms with Crippen LogP contribution in [0.3, 0.4) is 0 Å². The second kappa shape index (κ2) is 5.54. The number of ether oxygens (including phenoxy) is 2. The number of aromatic carboxylic acids is 1. The topological polar surface area (TPSA) is 81.8 Å². The van der Waals surface area contributed by atoms with Gasteiger partial charge in [-0.1, -0.05) is 21.1 Å². The van der Waals surface area contributed by atoms with Crippen molar-refractivity contribution in [3.8, 4) is 22.8 Å². The molecule has 20 heavy (non-hydrogen) atoms. The molecule has 0 aliphatic heterocycles. The minimum Gasteiger partial charge on any atom is -0.493 e. The zero-order valence-electron chi connectivity index (χ0n) is 11.1.